The van der Waals surface area contributed by atoms with Crippen molar-refractivity contribution in [1.82, 2.24) is 9.78 Å². The number of aromatic nitrogens is 2. The van der Waals surface area contributed by atoms with Crippen LogP contribution < -0.4 is 10.2 Å². The molecule has 1 fully saturated rings. The molecule has 0 radical (unpaired) electrons. The van der Waals surface area contributed by atoms with E-state index in [4.69, 9.17) is 16.3 Å². The van der Waals surface area contributed by atoms with Crippen molar-refractivity contribution >= 4 is 34.6 Å². The van der Waals surface area contributed by atoms with Crippen molar-refractivity contribution in [2.24, 2.45) is 0 Å². The van der Waals surface area contributed by atoms with Gasteiger partial charge in [-0.3, -0.25) is 19.6 Å². The van der Waals surface area contributed by atoms with E-state index >= 15 is 0 Å². The highest BCUT2D eigenvalue weighted by molar-refractivity contribution is 6.31. The van der Waals surface area contributed by atoms with Crippen LogP contribution in [0.2, 0.25) is 5.02 Å². The van der Waals surface area contributed by atoms with Crippen molar-refractivity contribution in [1.29, 1.82) is 0 Å². The number of rotatable bonds is 6. The molecule has 0 unspecified atom stereocenters. The number of anilines is 2. The van der Waals surface area contributed by atoms with Crippen LogP contribution in [0.5, 0.6) is 0 Å². The number of carbonyl (C=O) groups is 1. The van der Waals surface area contributed by atoms with Crippen molar-refractivity contribution < 1.29 is 14.5 Å². The lowest BCUT2D eigenvalue weighted by atomic mass is 10.1. The minimum atomic E-state index is -0.414. The molecular formula is C23H24ClN5O4. The molecule has 10 heteroatoms. The Morgan fingerprint density at radius 2 is 1.88 bits per heavy atom. The van der Waals surface area contributed by atoms with E-state index in [9.17, 15) is 14.9 Å². The third-order valence-corrected chi connectivity index (χ3v) is 5.87. The molecule has 2 heterocycles. The molecule has 9 nitrogen and oxygen atoms in total. The second kappa shape index (κ2) is 9.60. The topological polar surface area (TPSA) is 103 Å². The van der Waals surface area contributed by atoms with Gasteiger partial charge >= 0.3 is 5.69 Å². The van der Waals surface area contributed by atoms with Crippen LogP contribution in [-0.2, 0) is 11.3 Å². The molecule has 0 atom stereocenters. The first-order valence-electron chi connectivity index (χ1n) is 10.5. The number of amides is 1. The first-order valence-corrected chi connectivity index (χ1v) is 10.9. The van der Waals surface area contributed by atoms with Crippen molar-refractivity contribution in [2.45, 2.75) is 20.4 Å². The predicted octanol–water partition coefficient (Wildman–Crippen LogP) is 4.20. The minimum Gasteiger partial charge on any atom is -0.378 e. The maximum Gasteiger partial charge on any atom is 0.312 e. The summed E-state index contributed by atoms with van der Waals surface area (Å²) in [5.74, 6) is -0.250. The Labute approximate surface area is 196 Å². The van der Waals surface area contributed by atoms with Gasteiger partial charge in [-0.1, -0.05) is 23.7 Å². The summed E-state index contributed by atoms with van der Waals surface area (Å²) in [6.07, 6.45) is 0. The lowest BCUT2D eigenvalue weighted by Gasteiger charge is -2.30. The Morgan fingerprint density at radius 3 is 2.52 bits per heavy atom. The van der Waals surface area contributed by atoms with Crippen LogP contribution in [0.1, 0.15) is 27.3 Å². The van der Waals surface area contributed by atoms with Gasteiger partial charge in [-0.2, -0.15) is 5.10 Å². The second-order valence-electron chi connectivity index (χ2n) is 7.85. The van der Waals surface area contributed by atoms with Gasteiger partial charge in [-0.25, -0.2) is 0 Å². The highest BCUT2D eigenvalue weighted by atomic mass is 35.5. The number of halogens is 1. The zero-order valence-electron chi connectivity index (χ0n) is 18.4. The molecule has 1 aliphatic rings. The average Bonchev–Trinajstić information content (AvgIpc) is 3.07. The summed E-state index contributed by atoms with van der Waals surface area (Å²) in [5, 5.41) is 19.0. The monoisotopic (exact) mass is 469 g/mol. The van der Waals surface area contributed by atoms with Crippen LogP contribution in [0.4, 0.5) is 17.1 Å². The van der Waals surface area contributed by atoms with Crippen molar-refractivity contribution in [2.75, 3.05) is 36.5 Å². The summed E-state index contributed by atoms with van der Waals surface area (Å²) in [5.41, 5.74) is 3.83. The smallest absolute Gasteiger partial charge is 0.312 e. The van der Waals surface area contributed by atoms with E-state index in [-0.39, 0.29) is 11.6 Å². The van der Waals surface area contributed by atoms with Crippen molar-refractivity contribution in [3.8, 4) is 0 Å². The van der Waals surface area contributed by atoms with Crippen LogP contribution in [0.3, 0.4) is 0 Å². The molecule has 0 aliphatic carbocycles. The van der Waals surface area contributed by atoms with Crippen LogP contribution in [-0.4, -0.2) is 46.9 Å². The molecule has 1 N–H and O–H groups in total. The highest BCUT2D eigenvalue weighted by Crippen LogP contribution is 2.30. The van der Waals surface area contributed by atoms with Crippen LogP contribution in [0.15, 0.2) is 42.5 Å². The first kappa shape index (κ1) is 22.8. The average molecular weight is 470 g/mol. The van der Waals surface area contributed by atoms with Gasteiger partial charge < -0.3 is 15.0 Å². The van der Waals surface area contributed by atoms with Crippen LogP contribution in [0, 0.1) is 24.0 Å². The molecule has 2 aromatic carbocycles. The Bertz CT molecular complexity index is 1190. The number of carbonyl (C=O) groups excluding carboxylic acids is 1. The Hall–Kier alpha value is -3.43. The fourth-order valence-electron chi connectivity index (χ4n) is 3.92. The molecule has 0 saturated carbocycles. The molecular weight excluding hydrogens is 446 g/mol. The molecule has 1 aliphatic heterocycles. The minimum absolute atomic E-state index is 0.0311. The standard InChI is InChI=1S/C23H24ClN5O4/c1-15-22(29(31)32)16(2)28(26-15)14-17-3-5-18(6-4-17)23(30)25-20-13-19(24)7-8-21(20)27-9-11-33-12-10-27/h3-8,13H,9-12,14H2,1-2H3,(H,25,30). The maximum absolute atomic E-state index is 12.9. The fourth-order valence-corrected chi connectivity index (χ4v) is 4.10. The predicted molar refractivity (Wildman–Crippen MR) is 126 cm³/mol. The van der Waals surface area contributed by atoms with E-state index in [0.29, 0.717) is 47.4 Å². The lowest BCUT2D eigenvalue weighted by Crippen LogP contribution is -2.36. The molecule has 1 saturated heterocycles. The number of ether oxygens (including phenoxy) is 1. The number of benzene rings is 2. The largest absolute Gasteiger partial charge is 0.378 e. The molecule has 3 aromatic rings. The second-order valence-corrected chi connectivity index (χ2v) is 8.28. The summed E-state index contributed by atoms with van der Waals surface area (Å²) in [6, 6.07) is 12.5. The van der Waals surface area contributed by atoms with Crippen molar-refractivity contribution in [3.63, 3.8) is 0 Å². The molecule has 172 valence electrons. The number of nitrogens with zero attached hydrogens (tertiary/aromatic N) is 4. The summed E-state index contributed by atoms with van der Waals surface area (Å²) >= 11 is 6.18. The summed E-state index contributed by atoms with van der Waals surface area (Å²) in [6.45, 7) is 6.42. The lowest BCUT2D eigenvalue weighted by molar-refractivity contribution is -0.386. The molecule has 1 amide bonds. The summed E-state index contributed by atoms with van der Waals surface area (Å²) in [7, 11) is 0. The van der Waals surface area contributed by atoms with Gasteiger partial charge in [0.15, 0.2) is 0 Å². The Balaban J connectivity index is 1.49. The number of morpholine rings is 1. The van der Waals surface area contributed by atoms with E-state index < -0.39 is 4.92 Å². The van der Waals surface area contributed by atoms with E-state index in [0.717, 1.165) is 24.3 Å². The van der Waals surface area contributed by atoms with Crippen molar-refractivity contribution in [3.05, 3.63) is 80.1 Å². The normalized spacial score (nSPS) is 13.7. The Kier molecular flexibility index (Phi) is 6.62. The summed E-state index contributed by atoms with van der Waals surface area (Å²) < 4.78 is 7.02. The third-order valence-electron chi connectivity index (χ3n) is 5.63. The fraction of sp³-hybridized carbons (Fsp3) is 0.304. The van der Waals surface area contributed by atoms with Crippen LogP contribution in [0.25, 0.3) is 0 Å². The quantitative estimate of drug-likeness (QED) is 0.428. The molecule has 1 aromatic heterocycles. The van der Waals surface area contributed by atoms with Gasteiger partial charge in [0.05, 0.1) is 36.1 Å². The molecule has 33 heavy (non-hydrogen) atoms. The van der Waals surface area contributed by atoms with Gasteiger partial charge in [-0.15, -0.1) is 0 Å². The summed E-state index contributed by atoms with van der Waals surface area (Å²) in [4.78, 5) is 25.9. The third kappa shape index (κ3) is 4.99. The zero-order valence-corrected chi connectivity index (χ0v) is 19.1. The van der Waals surface area contributed by atoms with E-state index in [1.807, 2.05) is 18.2 Å². The number of aryl methyl sites for hydroxylation is 1. The molecule has 0 spiro atoms. The SMILES string of the molecule is Cc1nn(Cc2ccc(C(=O)Nc3cc(Cl)ccc3N3CCOCC3)cc2)c(C)c1[N+](=O)[O-]. The van der Waals surface area contributed by atoms with E-state index in [1.54, 1.807) is 42.8 Å². The van der Waals surface area contributed by atoms with Gasteiger partial charge in [0.25, 0.3) is 5.91 Å². The van der Waals surface area contributed by atoms with Gasteiger partial charge in [0, 0.05) is 23.7 Å². The number of hydrogen-bond acceptors (Lipinski definition) is 6. The highest BCUT2D eigenvalue weighted by Gasteiger charge is 2.22. The zero-order chi connectivity index (χ0) is 23.5. The van der Waals surface area contributed by atoms with Gasteiger partial charge in [-0.05, 0) is 49.7 Å². The molecule has 4 rings (SSSR count). The number of hydrogen-bond donors (Lipinski definition) is 1. The van der Waals surface area contributed by atoms with Gasteiger partial charge in [0.2, 0.25) is 0 Å². The first-order chi connectivity index (χ1) is 15.8. The molecule has 0 bridgehead atoms. The number of nitrogens with one attached hydrogen (secondary N) is 1. The van der Waals surface area contributed by atoms with E-state index in [1.165, 1.54) is 0 Å². The maximum atomic E-state index is 12.9. The number of nitro groups is 1. The Morgan fingerprint density at radius 1 is 1.18 bits per heavy atom. The van der Waals surface area contributed by atoms with E-state index in [2.05, 4.69) is 15.3 Å². The van der Waals surface area contributed by atoms with Crippen LogP contribution >= 0.6 is 11.6 Å². The van der Waals surface area contributed by atoms with Gasteiger partial charge in [0.1, 0.15) is 11.4 Å².